The minimum Gasteiger partial charge on any atom is -0.465 e. The highest BCUT2D eigenvalue weighted by Crippen LogP contribution is 2.29. The Labute approximate surface area is 135 Å². The van der Waals surface area contributed by atoms with E-state index in [9.17, 15) is 9.90 Å². The van der Waals surface area contributed by atoms with E-state index in [2.05, 4.69) is 5.32 Å². The SMILES string of the molecule is CCC(NC(=O)O)(Oc1ccc(CCO)cc1)c1ccccc1. The molecule has 0 radical (unpaired) electrons. The molecule has 1 atom stereocenters. The molecule has 5 nitrogen and oxygen atoms in total. The maximum atomic E-state index is 11.3. The first-order valence-electron chi connectivity index (χ1n) is 7.55. The van der Waals surface area contributed by atoms with E-state index in [4.69, 9.17) is 9.84 Å². The summed E-state index contributed by atoms with van der Waals surface area (Å²) in [5.74, 6) is 0.561. The van der Waals surface area contributed by atoms with Crippen molar-refractivity contribution >= 4 is 6.09 Å². The quantitative estimate of drug-likeness (QED) is 0.686. The van der Waals surface area contributed by atoms with E-state index in [0.29, 0.717) is 18.6 Å². The minimum absolute atomic E-state index is 0.0870. The summed E-state index contributed by atoms with van der Waals surface area (Å²) in [5.41, 5.74) is 0.586. The number of rotatable bonds is 7. The van der Waals surface area contributed by atoms with Crippen LogP contribution in [0.2, 0.25) is 0 Å². The molecule has 0 bridgehead atoms. The van der Waals surface area contributed by atoms with Crippen molar-refractivity contribution in [3.8, 4) is 5.75 Å². The van der Waals surface area contributed by atoms with Crippen LogP contribution < -0.4 is 10.1 Å². The summed E-state index contributed by atoms with van der Waals surface area (Å²) in [5, 5.41) is 20.7. The van der Waals surface area contributed by atoms with Crippen molar-refractivity contribution in [3.05, 3.63) is 65.7 Å². The molecule has 0 heterocycles. The summed E-state index contributed by atoms with van der Waals surface area (Å²) in [7, 11) is 0. The number of aliphatic hydroxyl groups is 1. The van der Waals surface area contributed by atoms with Crippen LogP contribution in [-0.4, -0.2) is 22.9 Å². The maximum Gasteiger partial charge on any atom is 0.408 e. The molecular weight excluding hydrogens is 294 g/mol. The second-order valence-corrected chi connectivity index (χ2v) is 5.20. The average Bonchev–Trinajstić information content (AvgIpc) is 2.56. The molecule has 0 aromatic heterocycles. The molecule has 2 aromatic rings. The van der Waals surface area contributed by atoms with Crippen molar-refractivity contribution in [1.82, 2.24) is 5.32 Å². The molecule has 1 amide bonds. The molecule has 0 saturated carbocycles. The molecule has 3 N–H and O–H groups in total. The summed E-state index contributed by atoms with van der Waals surface area (Å²) < 4.78 is 6.03. The van der Waals surface area contributed by atoms with Crippen molar-refractivity contribution in [3.63, 3.8) is 0 Å². The fourth-order valence-electron chi connectivity index (χ4n) is 2.46. The average molecular weight is 315 g/mol. The predicted molar refractivity (Wildman–Crippen MR) is 87.4 cm³/mol. The van der Waals surface area contributed by atoms with Gasteiger partial charge in [0.15, 0.2) is 0 Å². The predicted octanol–water partition coefficient (Wildman–Crippen LogP) is 3.13. The van der Waals surface area contributed by atoms with E-state index < -0.39 is 11.8 Å². The molecule has 2 aromatic carbocycles. The first kappa shape index (κ1) is 16.8. The van der Waals surface area contributed by atoms with Crippen molar-refractivity contribution in [2.75, 3.05) is 6.61 Å². The van der Waals surface area contributed by atoms with Crippen LogP contribution in [-0.2, 0) is 12.1 Å². The lowest BCUT2D eigenvalue weighted by molar-refractivity contribution is 0.0272. The number of carbonyl (C=O) groups is 1. The summed E-state index contributed by atoms with van der Waals surface area (Å²) >= 11 is 0. The summed E-state index contributed by atoms with van der Waals surface area (Å²) in [6.07, 6.45) is -0.139. The number of hydrogen-bond donors (Lipinski definition) is 3. The van der Waals surface area contributed by atoms with Gasteiger partial charge in [-0.25, -0.2) is 4.79 Å². The molecule has 0 aliphatic heterocycles. The standard InChI is InChI=1S/C18H21NO4/c1-2-18(19-17(21)22,15-6-4-3-5-7-15)23-16-10-8-14(9-11-16)12-13-20/h3-11,19-20H,2,12-13H2,1H3,(H,21,22). The Kier molecular flexibility index (Phi) is 5.60. The van der Waals surface area contributed by atoms with Crippen LogP contribution in [0.15, 0.2) is 54.6 Å². The first-order valence-corrected chi connectivity index (χ1v) is 7.55. The van der Waals surface area contributed by atoms with Crippen LogP contribution in [0.25, 0.3) is 0 Å². The van der Waals surface area contributed by atoms with Gasteiger partial charge in [0.25, 0.3) is 0 Å². The summed E-state index contributed by atoms with van der Waals surface area (Å²) in [6.45, 7) is 1.95. The van der Waals surface area contributed by atoms with Gasteiger partial charge >= 0.3 is 6.09 Å². The Morgan fingerprint density at radius 2 is 1.78 bits per heavy atom. The topological polar surface area (TPSA) is 78.8 Å². The third-order valence-electron chi connectivity index (χ3n) is 3.66. The number of ether oxygens (including phenoxy) is 1. The van der Waals surface area contributed by atoms with E-state index in [1.807, 2.05) is 49.4 Å². The van der Waals surface area contributed by atoms with Gasteiger partial charge in [0, 0.05) is 18.6 Å². The van der Waals surface area contributed by atoms with E-state index in [-0.39, 0.29) is 6.61 Å². The molecule has 0 saturated heterocycles. The highest BCUT2D eigenvalue weighted by molar-refractivity contribution is 5.66. The van der Waals surface area contributed by atoms with Crippen LogP contribution in [0, 0.1) is 0 Å². The molecule has 0 aliphatic rings. The number of amides is 1. The van der Waals surface area contributed by atoms with Gasteiger partial charge in [-0.15, -0.1) is 0 Å². The van der Waals surface area contributed by atoms with Crippen LogP contribution in [0.1, 0.15) is 24.5 Å². The number of hydrogen-bond acceptors (Lipinski definition) is 3. The van der Waals surface area contributed by atoms with Crippen molar-refractivity contribution in [2.24, 2.45) is 0 Å². The Bertz CT molecular complexity index is 627. The molecule has 0 fully saturated rings. The number of carboxylic acid groups (broad SMARTS) is 1. The van der Waals surface area contributed by atoms with Gasteiger partial charge < -0.3 is 14.9 Å². The van der Waals surface area contributed by atoms with Crippen LogP contribution in [0.5, 0.6) is 5.75 Å². The molecule has 122 valence electrons. The Balaban J connectivity index is 2.32. The van der Waals surface area contributed by atoms with Gasteiger partial charge in [-0.2, -0.15) is 0 Å². The molecule has 1 unspecified atom stereocenters. The summed E-state index contributed by atoms with van der Waals surface area (Å²) in [6, 6.07) is 16.5. The largest absolute Gasteiger partial charge is 0.465 e. The third-order valence-corrected chi connectivity index (χ3v) is 3.66. The molecular formula is C18H21NO4. The smallest absolute Gasteiger partial charge is 0.408 e. The van der Waals surface area contributed by atoms with Crippen LogP contribution >= 0.6 is 0 Å². The van der Waals surface area contributed by atoms with Crippen LogP contribution in [0.4, 0.5) is 4.79 Å². The van der Waals surface area contributed by atoms with E-state index >= 15 is 0 Å². The third kappa shape index (κ3) is 4.23. The monoisotopic (exact) mass is 315 g/mol. The van der Waals surface area contributed by atoms with Gasteiger partial charge in [0.05, 0.1) is 0 Å². The lowest BCUT2D eigenvalue weighted by Crippen LogP contribution is -2.49. The zero-order valence-electron chi connectivity index (χ0n) is 13.0. The van der Waals surface area contributed by atoms with Gasteiger partial charge in [0.2, 0.25) is 5.72 Å². The zero-order chi connectivity index (χ0) is 16.7. The Morgan fingerprint density at radius 1 is 1.13 bits per heavy atom. The lowest BCUT2D eigenvalue weighted by atomic mass is 9.99. The fraction of sp³-hybridized carbons (Fsp3) is 0.278. The van der Waals surface area contributed by atoms with E-state index in [1.165, 1.54) is 0 Å². The van der Waals surface area contributed by atoms with Gasteiger partial charge in [0.1, 0.15) is 5.75 Å². The molecule has 0 spiro atoms. The van der Waals surface area contributed by atoms with Gasteiger partial charge in [-0.05, 0) is 24.1 Å². The second-order valence-electron chi connectivity index (χ2n) is 5.20. The molecule has 0 aliphatic carbocycles. The number of benzene rings is 2. The minimum atomic E-state index is -1.15. The summed E-state index contributed by atoms with van der Waals surface area (Å²) in [4.78, 5) is 11.3. The van der Waals surface area contributed by atoms with Crippen molar-refractivity contribution in [1.29, 1.82) is 0 Å². The molecule has 23 heavy (non-hydrogen) atoms. The zero-order valence-corrected chi connectivity index (χ0v) is 13.0. The Morgan fingerprint density at radius 3 is 2.30 bits per heavy atom. The Hall–Kier alpha value is -2.53. The number of nitrogens with one attached hydrogen (secondary N) is 1. The second kappa shape index (κ2) is 7.65. The van der Waals surface area contributed by atoms with E-state index in [1.54, 1.807) is 12.1 Å². The molecule has 5 heteroatoms. The number of aliphatic hydroxyl groups excluding tert-OH is 1. The highest BCUT2D eigenvalue weighted by atomic mass is 16.5. The van der Waals surface area contributed by atoms with Gasteiger partial charge in [-0.3, -0.25) is 5.32 Å². The normalized spacial score (nSPS) is 13.1. The lowest BCUT2D eigenvalue weighted by Gasteiger charge is -2.33. The fourth-order valence-corrected chi connectivity index (χ4v) is 2.46. The first-order chi connectivity index (χ1) is 11.1. The highest BCUT2D eigenvalue weighted by Gasteiger charge is 2.34. The molecule has 2 rings (SSSR count). The van der Waals surface area contributed by atoms with Crippen molar-refractivity contribution in [2.45, 2.75) is 25.5 Å². The van der Waals surface area contributed by atoms with Crippen LogP contribution in [0.3, 0.4) is 0 Å². The maximum absolute atomic E-state index is 11.3. The van der Waals surface area contributed by atoms with E-state index in [0.717, 1.165) is 11.1 Å². The van der Waals surface area contributed by atoms with Gasteiger partial charge in [-0.1, -0.05) is 49.4 Å². The van der Waals surface area contributed by atoms with Crippen molar-refractivity contribution < 1.29 is 19.7 Å².